The molecule has 0 saturated carbocycles. The average molecular weight is 429 g/mol. The molecule has 0 aliphatic rings. The molecule has 0 unspecified atom stereocenters. The monoisotopic (exact) mass is 428 g/mol. The maximum Gasteiger partial charge on any atom is 0.264 e. The van der Waals surface area contributed by atoms with Gasteiger partial charge in [0.15, 0.2) is 0 Å². The summed E-state index contributed by atoms with van der Waals surface area (Å²) in [6.45, 7) is 3.92. The Kier molecular flexibility index (Phi) is 5.96. The van der Waals surface area contributed by atoms with Gasteiger partial charge >= 0.3 is 0 Å². The second-order valence-corrected chi connectivity index (χ2v) is 9.21. The van der Waals surface area contributed by atoms with Crippen molar-refractivity contribution in [3.05, 3.63) is 88.4 Å². The van der Waals surface area contributed by atoms with E-state index in [9.17, 15) is 13.2 Å². The van der Waals surface area contributed by atoms with Crippen LogP contribution in [0.1, 0.15) is 21.5 Å². The predicted molar refractivity (Wildman–Crippen MR) is 117 cm³/mol. The highest BCUT2D eigenvalue weighted by atomic mass is 35.5. The summed E-state index contributed by atoms with van der Waals surface area (Å²) in [7, 11) is -2.33. The van der Waals surface area contributed by atoms with Crippen molar-refractivity contribution in [3.63, 3.8) is 0 Å². The van der Waals surface area contributed by atoms with Crippen LogP contribution in [-0.2, 0) is 10.0 Å². The molecule has 0 saturated heterocycles. The third-order valence-corrected chi connectivity index (χ3v) is 6.48. The first-order valence-electron chi connectivity index (χ1n) is 8.91. The first kappa shape index (κ1) is 20.9. The number of nitrogens with zero attached hydrogens (tertiary/aromatic N) is 1. The van der Waals surface area contributed by atoms with Crippen LogP contribution in [0.5, 0.6) is 0 Å². The molecule has 0 aliphatic heterocycles. The number of rotatable bonds is 5. The van der Waals surface area contributed by atoms with Crippen molar-refractivity contribution in [1.82, 2.24) is 0 Å². The Morgan fingerprint density at radius 1 is 0.931 bits per heavy atom. The van der Waals surface area contributed by atoms with Gasteiger partial charge in [0.05, 0.1) is 10.6 Å². The molecule has 3 aromatic carbocycles. The van der Waals surface area contributed by atoms with Crippen LogP contribution in [0.15, 0.2) is 71.6 Å². The fourth-order valence-electron chi connectivity index (χ4n) is 3.00. The van der Waals surface area contributed by atoms with E-state index < -0.39 is 10.0 Å². The van der Waals surface area contributed by atoms with Crippen LogP contribution in [0.3, 0.4) is 0 Å². The molecule has 0 atom stereocenters. The zero-order valence-electron chi connectivity index (χ0n) is 16.3. The van der Waals surface area contributed by atoms with Gasteiger partial charge in [-0.3, -0.25) is 9.10 Å². The van der Waals surface area contributed by atoms with Gasteiger partial charge in [-0.15, -0.1) is 0 Å². The Balaban J connectivity index is 1.86. The Hall–Kier alpha value is -2.83. The molecule has 3 rings (SSSR count). The molecule has 150 valence electrons. The Bertz CT molecular complexity index is 1140. The van der Waals surface area contributed by atoms with Gasteiger partial charge in [0, 0.05) is 23.3 Å². The second-order valence-electron chi connectivity index (χ2n) is 6.81. The molecule has 5 nitrogen and oxygen atoms in total. The third-order valence-electron chi connectivity index (χ3n) is 4.42. The summed E-state index contributed by atoms with van der Waals surface area (Å²) < 4.78 is 26.9. The first-order valence-corrected chi connectivity index (χ1v) is 10.7. The molecule has 0 heterocycles. The van der Waals surface area contributed by atoms with E-state index in [1.165, 1.54) is 31.3 Å². The predicted octanol–water partition coefficient (Wildman–Crippen LogP) is 5.03. The number of halogens is 1. The summed E-state index contributed by atoms with van der Waals surface area (Å²) in [5, 5.41) is 3.32. The number of amides is 1. The molecule has 0 spiro atoms. The number of anilines is 2. The molecule has 0 aromatic heterocycles. The summed E-state index contributed by atoms with van der Waals surface area (Å²) in [6.07, 6.45) is 0. The van der Waals surface area contributed by atoms with Crippen LogP contribution in [0.4, 0.5) is 11.4 Å². The normalized spacial score (nSPS) is 11.2. The van der Waals surface area contributed by atoms with E-state index in [4.69, 9.17) is 11.6 Å². The summed E-state index contributed by atoms with van der Waals surface area (Å²) >= 11 is 5.85. The molecule has 3 aromatic rings. The number of hydrogen-bond donors (Lipinski definition) is 1. The van der Waals surface area contributed by atoms with Crippen LogP contribution < -0.4 is 9.62 Å². The van der Waals surface area contributed by atoms with Crippen molar-refractivity contribution >= 4 is 38.9 Å². The van der Waals surface area contributed by atoms with E-state index in [2.05, 4.69) is 5.32 Å². The number of carbonyl (C=O) groups excluding carboxylic acids is 1. The van der Waals surface area contributed by atoms with Crippen LogP contribution >= 0.6 is 11.6 Å². The van der Waals surface area contributed by atoms with E-state index in [-0.39, 0.29) is 10.8 Å². The van der Waals surface area contributed by atoms with E-state index in [0.29, 0.717) is 22.0 Å². The minimum absolute atomic E-state index is 0.120. The Morgan fingerprint density at radius 3 is 2.17 bits per heavy atom. The minimum Gasteiger partial charge on any atom is -0.322 e. The molecule has 0 aliphatic carbocycles. The zero-order valence-corrected chi connectivity index (χ0v) is 17.9. The van der Waals surface area contributed by atoms with Gasteiger partial charge < -0.3 is 5.32 Å². The second kappa shape index (κ2) is 8.27. The van der Waals surface area contributed by atoms with Crippen molar-refractivity contribution in [1.29, 1.82) is 0 Å². The molecule has 29 heavy (non-hydrogen) atoms. The SMILES string of the molecule is Cc1cc(C)cc(NC(=O)c2cccc(N(C)S(=O)(=O)c3ccc(Cl)cc3)c2)c1. The van der Waals surface area contributed by atoms with Crippen LogP contribution in [0.25, 0.3) is 0 Å². The fourth-order valence-corrected chi connectivity index (χ4v) is 4.31. The number of aryl methyl sites for hydroxylation is 2. The first-order chi connectivity index (χ1) is 13.7. The van der Waals surface area contributed by atoms with Crippen molar-refractivity contribution in [2.24, 2.45) is 0 Å². The zero-order chi connectivity index (χ0) is 21.2. The number of hydrogen-bond acceptors (Lipinski definition) is 3. The molecule has 1 amide bonds. The lowest BCUT2D eigenvalue weighted by atomic mass is 10.1. The van der Waals surface area contributed by atoms with Gasteiger partial charge in [-0.1, -0.05) is 23.7 Å². The van der Waals surface area contributed by atoms with E-state index in [1.807, 2.05) is 32.0 Å². The van der Waals surface area contributed by atoms with Gasteiger partial charge in [0.1, 0.15) is 0 Å². The lowest BCUT2D eigenvalue weighted by molar-refractivity contribution is 0.102. The average Bonchev–Trinajstić information content (AvgIpc) is 2.67. The van der Waals surface area contributed by atoms with Crippen molar-refractivity contribution in [2.45, 2.75) is 18.7 Å². The fraction of sp³-hybridized carbons (Fsp3) is 0.136. The summed E-state index contributed by atoms with van der Waals surface area (Å²) in [6, 6.07) is 18.2. The smallest absolute Gasteiger partial charge is 0.264 e. The largest absolute Gasteiger partial charge is 0.322 e. The van der Waals surface area contributed by atoms with Gasteiger partial charge in [0.2, 0.25) is 0 Å². The van der Waals surface area contributed by atoms with Crippen molar-refractivity contribution < 1.29 is 13.2 Å². The Morgan fingerprint density at radius 2 is 1.55 bits per heavy atom. The number of nitrogens with one attached hydrogen (secondary N) is 1. The van der Waals surface area contributed by atoms with E-state index in [0.717, 1.165) is 15.4 Å². The topological polar surface area (TPSA) is 66.5 Å². The van der Waals surface area contributed by atoms with Crippen LogP contribution in [0, 0.1) is 13.8 Å². The third kappa shape index (κ3) is 4.78. The van der Waals surface area contributed by atoms with E-state index in [1.54, 1.807) is 24.3 Å². The molecular formula is C22H21ClN2O3S. The van der Waals surface area contributed by atoms with Gasteiger partial charge in [-0.2, -0.15) is 0 Å². The standard InChI is InChI=1S/C22H21ClN2O3S/c1-15-11-16(2)13-19(12-15)24-22(26)17-5-4-6-20(14-17)25(3)29(27,28)21-9-7-18(23)8-10-21/h4-14H,1-3H3,(H,24,26). The van der Waals surface area contributed by atoms with Crippen LogP contribution in [-0.4, -0.2) is 21.4 Å². The van der Waals surface area contributed by atoms with Crippen LogP contribution in [0.2, 0.25) is 5.02 Å². The highest BCUT2D eigenvalue weighted by Crippen LogP contribution is 2.24. The number of sulfonamides is 1. The molecule has 0 radical (unpaired) electrons. The maximum absolute atomic E-state index is 12.9. The lowest BCUT2D eigenvalue weighted by Crippen LogP contribution is -2.26. The van der Waals surface area contributed by atoms with Gasteiger partial charge in [0.25, 0.3) is 15.9 Å². The quantitative estimate of drug-likeness (QED) is 0.619. The summed E-state index contributed by atoms with van der Waals surface area (Å²) in [5.74, 6) is -0.311. The minimum atomic E-state index is -3.78. The molecule has 7 heteroatoms. The lowest BCUT2D eigenvalue weighted by Gasteiger charge is -2.20. The van der Waals surface area contributed by atoms with Crippen molar-refractivity contribution in [2.75, 3.05) is 16.7 Å². The van der Waals surface area contributed by atoms with Gasteiger partial charge in [-0.25, -0.2) is 8.42 Å². The molecular weight excluding hydrogens is 408 g/mol. The van der Waals surface area contributed by atoms with Gasteiger partial charge in [-0.05, 0) is 79.6 Å². The molecule has 1 N–H and O–H groups in total. The Labute approximate surface area is 176 Å². The summed E-state index contributed by atoms with van der Waals surface area (Å²) in [5.41, 5.74) is 3.53. The highest BCUT2D eigenvalue weighted by Gasteiger charge is 2.22. The number of carbonyl (C=O) groups is 1. The molecule has 0 bridgehead atoms. The highest BCUT2D eigenvalue weighted by molar-refractivity contribution is 7.92. The summed E-state index contributed by atoms with van der Waals surface area (Å²) in [4.78, 5) is 12.8. The van der Waals surface area contributed by atoms with E-state index >= 15 is 0 Å². The van der Waals surface area contributed by atoms with Crippen molar-refractivity contribution in [3.8, 4) is 0 Å². The number of benzene rings is 3. The molecule has 0 fully saturated rings. The maximum atomic E-state index is 12.9.